The molecular weight excluding hydrogens is 352 g/mol. The zero-order chi connectivity index (χ0) is 21.7. The minimum atomic E-state index is 1.06. The fourth-order valence-electron chi connectivity index (χ4n) is 2.08. The highest BCUT2D eigenvalue weighted by Crippen LogP contribution is 2.18. The third-order valence-corrected chi connectivity index (χ3v) is 3.32. The second-order valence-corrected chi connectivity index (χ2v) is 5.46. The first kappa shape index (κ1) is 25.8. The predicted octanol–water partition coefficient (Wildman–Crippen LogP) is 7.85. The van der Waals surface area contributed by atoms with Crippen LogP contribution in [0.1, 0.15) is 40.3 Å². The standard InChI is InChI=1S/C12H11N.C6H6.C5H5N.2C2H6/c1-10-9-12(7-8-13-10)11-5-3-2-4-6-11;1-6-4-2-3-5-6;1-2-4-6-5-3-1;2*1-2/h2-9H,1H3;2,4-5H,1H3;1-5H;2*1-2H3. The van der Waals surface area contributed by atoms with Crippen LogP contribution in [0.4, 0.5) is 0 Å². The molecule has 2 aromatic heterocycles. The summed E-state index contributed by atoms with van der Waals surface area (Å²) in [4.78, 5) is 7.95. The highest BCUT2D eigenvalue weighted by Gasteiger charge is 1.95. The highest BCUT2D eigenvalue weighted by molar-refractivity contribution is 5.62. The van der Waals surface area contributed by atoms with Gasteiger partial charge in [-0.2, -0.15) is 0 Å². The van der Waals surface area contributed by atoms with Crippen molar-refractivity contribution in [3.63, 3.8) is 0 Å². The Balaban J connectivity index is 0.000000412. The molecule has 4 rings (SSSR count). The molecule has 0 fully saturated rings. The lowest BCUT2D eigenvalue weighted by Crippen LogP contribution is -1.81. The Hall–Kier alpha value is -3.22. The maximum absolute atomic E-state index is 4.17. The van der Waals surface area contributed by atoms with E-state index in [1.165, 1.54) is 16.7 Å². The predicted molar refractivity (Wildman–Crippen MR) is 128 cm³/mol. The van der Waals surface area contributed by atoms with Crippen molar-refractivity contribution in [3.05, 3.63) is 114 Å². The Morgan fingerprint density at radius 1 is 0.690 bits per heavy atom. The summed E-state index contributed by atoms with van der Waals surface area (Å²) in [7, 11) is 0. The number of aryl methyl sites for hydroxylation is 1. The molecule has 2 heterocycles. The van der Waals surface area contributed by atoms with E-state index in [0.29, 0.717) is 0 Å². The SMILES string of the molecule is CC.CC.CC1=CC=C=C1.Cc1cc(-c2ccccc2)ccn1.c1ccncc1. The van der Waals surface area contributed by atoms with Crippen LogP contribution in [0.2, 0.25) is 0 Å². The van der Waals surface area contributed by atoms with Crippen LogP contribution in [-0.2, 0) is 0 Å². The zero-order valence-corrected chi connectivity index (χ0v) is 18.6. The van der Waals surface area contributed by atoms with Crippen molar-refractivity contribution in [2.24, 2.45) is 0 Å². The van der Waals surface area contributed by atoms with Crippen molar-refractivity contribution < 1.29 is 0 Å². The van der Waals surface area contributed by atoms with E-state index >= 15 is 0 Å². The molecule has 152 valence electrons. The molecule has 0 spiro atoms. The van der Waals surface area contributed by atoms with Crippen molar-refractivity contribution in [1.82, 2.24) is 9.97 Å². The normalized spacial score (nSPS) is 9.79. The smallest absolute Gasteiger partial charge is 0.0378 e. The minimum absolute atomic E-state index is 1.06. The molecule has 0 saturated heterocycles. The molecule has 0 unspecified atom stereocenters. The van der Waals surface area contributed by atoms with E-state index < -0.39 is 0 Å². The third-order valence-electron chi connectivity index (χ3n) is 3.32. The average molecular weight is 387 g/mol. The van der Waals surface area contributed by atoms with Gasteiger partial charge in [-0.15, -0.1) is 5.73 Å². The van der Waals surface area contributed by atoms with Gasteiger partial charge < -0.3 is 0 Å². The van der Waals surface area contributed by atoms with Gasteiger partial charge in [-0.05, 0) is 67.0 Å². The number of benzene rings is 1. The first-order chi connectivity index (χ1) is 14.3. The topological polar surface area (TPSA) is 25.8 Å². The van der Waals surface area contributed by atoms with E-state index in [1.807, 2.05) is 102 Å². The van der Waals surface area contributed by atoms with Gasteiger partial charge in [-0.3, -0.25) is 9.97 Å². The molecule has 3 aromatic rings. The molecule has 2 nitrogen and oxygen atoms in total. The number of nitrogens with zero attached hydrogens (tertiary/aromatic N) is 2. The van der Waals surface area contributed by atoms with E-state index in [9.17, 15) is 0 Å². The maximum Gasteiger partial charge on any atom is 0.0378 e. The molecule has 1 aliphatic carbocycles. The summed E-state index contributed by atoms with van der Waals surface area (Å²) in [5.41, 5.74) is 7.75. The van der Waals surface area contributed by atoms with Crippen molar-refractivity contribution in [2.75, 3.05) is 0 Å². The van der Waals surface area contributed by atoms with Crippen molar-refractivity contribution in [1.29, 1.82) is 0 Å². The van der Waals surface area contributed by atoms with E-state index in [1.54, 1.807) is 12.4 Å². The zero-order valence-electron chi connectivity index (χ0n) is 18.6. The molecule has 1 aromatic carbocycles. The molecule has 1 aliphatic rings. The Kier molecular flexibility index (Phi) is 16.1. The van der Waals surface area contributed by atoms with Crippen LogP contribution in [0, 0.1) is 6.92 Å². The average Bonchev–Trinajstić information content (AvgIpc) is 3.30. The van der Waals surface area contributed by atoms with Gasteiger partial charge in [0.05, 0.1) is 0 Å². The molecular formula is C27H34N2. The fourth-order valence-corrected chi connectivity index (χ4v) is 2.08. The molecule has 0 atom stereocenters. The second-order valence-electron chi connectivity index (χ2n) is 5.46. The highest BCUT2D eigenvalue weighted by atomic mass is 14.6. The molecule has 29 heavy (non-hydrogen) atoms. The van der Waals surface area contributed by atoms with Crippen molar-refractivity contribution in [3.8, 4) is 11.1 Å². The lowest BCUT2D eigenvalue weighted by atomic mass is 10.1. The number of aromatic nitrogens is 2. The third kappa shape index (κ3) is 12.7. The molecule has 0 amide bonds. The Bertz CT molecular complexity index is 817. The second kappa shape index (κ2) is 18.2. The van der Waals surface area contributed by atoms with Crippen molar-refractivity contribution >= 4 is 0 Å². The lowest BCUT2D eigenvalue weighted by Gasteiger charge is -2.00. The van der Waals surface area contributed by atoms with E-state index in [0.717, 1.165) is 5.69 Å². The van der Waals surface area contributed by atoms with Crippen LogP contribution in [0.15, 0.2) is 109 Å². The first-order valence-corrected chi connectivity index (χ1v) is 10.2. The summed E-state index contributed by atoms with van der Waals surface area (Å²) in [6, 6.07) is 20.2. The summed E-state index contributed by atoms with van der Waals surface area (Å²) >= 11 is 0. The monoisotopic (exact) mass is 386 g/mol. The van der Waals surface area contributed by atoms with Crippen LogP contribution >= 0.6 is 0 Å². The number of hydrogen-bond donors (Lipinski definition) is 0. The van der Waals surface area contributed by atoms with E-state index in [2.05, 4.69) is 40.8 Å². The summed E-state index contributed by atoms with van der Waals surface area (Å²) in [6.45, 7) is 12.1. The summed E-state index contributed by atoms with van der Waals surface area (Å²) in [5, 5.41) is 0. The van der Waals surface area contributed by atoms with Gasteiger partial charge in [0.15, 0.2) is 0 Å². The maximum atomic E-state index is 4.17. The number of pyridine rings is 2. The van der Waals surface area contributed by atoms with Gasteiger partial charge in [0.25, 0.3) is 0 Å². The molecule has 0 bridgehead atoms. The molecule has 0 N–H and O–H groups in total. The lowest BCUT2D eigenvalue weighted by molar-refractivity contribution is 1.20. The summed E-state index contributed by atoms with van der Waals surface area (Å²) < 4.78 is 0. The van der Waals surface area contributed by atoms with E-state index in [4.69, 9.17) is 0 Å². The van der Waals surface area contributed by atoms with Gasteiger partial charge >= 0.3 is 0 Å². The Labute approximate surface area is 177 Å². The van der Waals surface area contributed by atoms with Crippen molar-refractivity contribution in [2.45, 2.75) is 41.5 Å². The minimum Gasteiger partial charge on any atom is -0.265 e. The Morgan fingerprint density at radius 2 is 1.31 bits per heavy atom. The van der Waals surface area contributed by atoms with Crippen LogP contribution in [0.5, 0.6) is 0 Å². The molecule has 0 saturated carbocycles. The number of allylic oxidation sites excluding steroid dienone is 3. The first-order valence-electron chi connectivity index (χ1n) is 10.2. The van der Waals surface area contributed by atoms with E-state index in [-0.39, 0.29) is 0 Å². The Morgan fingerprint density at radius 3 is 1.69 bits per heavy atom. The van der Waals surface area contributed by atoms with Crippen LogP contribution in [0.3, 0.4) is 0 Å². The van der Waals surface area contributed by atoms with Gasteiger partial charge in [-0.1, -0.05) is 70.2 Å². The van der Waals surface area contributed by atoms with Crippen LogP contribution in [0.25, 0.3) is 11.1 Å². The van der Waals surface area contributed by atoms with Crippen LogP contribution < -0.4 is 0 Å². The van der Waals surface area contributed by atoms with Gasteiger partial charge in [0.1, 0.15) is 0 Å². The van der Waals surface area contributed by atoms with Gasteiger partial charge in [0, 0.05) is 24.3 Å². The van der Waals surface area contributed by atoms with Gasteiger partial charge in [0.2, 0.25) is 0 Å². The molecule has 2 heteroatoms. The largest absolute Gasteiger partial charge is 0.265 e. The molecule has 0 radical (unpaired) electrons. The van der Waals surface area contributed by atoms with Crippen LogP contribution in [-0.4, -0.2) is 9.97 Å². The number of rotatable bonds is 1. The quantitative estimate of drug-likeness (QED) is 0.398. The summed E-state index contributed by atoms with van der Waals surface area (Å²) in [6.07, 6.45) is 11.2. The number of hydrogen-bond acceptors (Lipinski definition) is 2. The van der Waals surface area contributed by atoms with Gasteiger partial charge in [-0.25, -0.2) is 0 Å². The fraction of sp³-hybridized carbons (Fsp3) is 0.222. The molecule has 0 aliphatic heterocycles. The summed E-state index contributed by atoms with van der Waals surface area (Å²) in [5.74, 6) is 0.